The van der Waals surface area contributed by atoms with Gasteiger partial charge in [-0.1, -0.05) is 11.6 Å². The summed E-state index contributed by atoms with van der Waals surface area (Å²) in [6.45, 7) is 0. The van der Waals surface area contributed by atoms with E-state index in [4.69, 9.17) is 11.6 Å². The van der Waals surface area contributed by atoms with Crippen molar-refractivity contribution in [2.75, 3.05) is 5.32 Å². The summed E-state index contributed by atoms with van der Waals surface area (Å²) in [5.41, 5.74) is 0.424. The molecule has 0 saturated carbocycles. The fraction of sp³-hybridized carbons (Fsp3) is 0. The number of amides is 1. The minimum atomic E-state index is -0.668. The van der Waals surface area contributed by atoms with Crippen LogP contribution in [0.15, 0.2) is 41.1 Å². The molecule has 0 unspecified atom stereocenters. The lowest BCUT2D eigenvalue weighted by molar-refractivity contribution is 0.102. The summed E-state index contributed by atoms with van der Waals surface area (Å²) in [4.78, 5) is 15.4. The Kier molecular flexibility index (Phi) is 3.93. The number of anilines is 1. The van der Waals surface area contributed by atoms with Crippen LogP contribution in [-0.2, 0) is 0 Å². The number of benzene rings is 1. The molecule has 1 N–H and O–H groups in total. The van der Waals surface area contributed by atoms with Crippen LogP contribution < -0.4 is 5.32 Å². The average Bonchev–Trinajstić information content (AvgIpc) is 2.34. The molecule has 0 atom stereocenters. The Morgan fingerprint density at radius 1 is 1.39 bits per heavy atom. The highest BCUT2D eigenvalue weighted by atomic mass is 79.9. The number of carbonyl (C=O) groups excluding carboxylic acids is 1. The predicted octanol–water partition coefficient (Wildman–Crippen LogP) is 3.89. The van der Waals surface area contributed by atoms with Crippen LogP contribution in [0.25, 0.3) is 0 Å². The highest BCUT2D eigenvalue weighted by Gasteiger charge is 2.11. The second kappa shape index (κ2) is 5.46. The van der Waals surface area contributed by atoms with E-state index in [2.05, 4.69) is 26.2 Å². The third-order valence-electron chi connectivity index (χ3n) is 2.19. The van der Waals surface area contributed by atoms with E-state index in [0.29, 0.717) is 10.7 Å². The van der Waals surface area contributed by atoms with Crippen LogP contribution >= 0.6 is 27.5 Å². The summed E-state index contributed by atoms with van der Waals surface area (Å²) in [6.07, 6.45) is 2.34. The molecule has 0 bridgehead atoms. The second-order valence-electron chi connectivity index (χ2n) is 3.44. The van der Waals surface area contributed by atoms with Crippen molar-refractivity contribution in [3.8, 4) is 0 Å². The van der Waals surface area contributed by atoms with Crippen molar-refractivity contribution in [1.29, 1.82) is 0 Å². The first-order valence-electron chi connectivity index (χ1n) is 4.94. The number of hydrogen-bond acceptors (Lipinski definition) is 2. The summed E-state index contributed by atoms with van der Waals surface area (Å²) < 4.78 is 14.0. The predicted molar refractivity (Wildman–Crippen MR) is 71.3 cm³/mol. The van der Waals surface area contributed by atoms with Gasteiger partial charge in [0.25, 0.3) is 5.91 Å². The zero-order chi connectivity index (χ0) is 13.1. The number of carbonyl (C=O) groups is 1. The van der Waals surface area contributed by atoms with Crippen molar-refractivity contribution >= 4 is 39.1 Å². The first kappa shape index (κ1) is 13.0. The van der Waals surface area contributed by atoms with Gasteiger partial charge in [-0.05, 0) is 40.2 Å². The molecular weight excluding hydrogens is 322 g/mol. The number of halogens is 3. The number of rotatable bonds is 2. The summed E-state index contributed by atoms with van der Waals surface area (Å²) in [7, 11) is 0. The summed E-state index contributed by atoms with van der Waals surface area (Å²) in [6, 6.07) is 6.24. The maximum absolute atomic E-state index is 13.3. The van der Waals surface area contributed by atoms with E-state index >= 15 is 0 Å². The smallest absolute Gasteiger partial charge is 0.258 e. The van der Waals surface area contributed by atoms with Crippen molar-refractivity contribution in [2.24, 2.45) is 0 Å². The van der Waals surface area contributed by atoms with Crippen molar-refractivity contribution in [3.05, 3.63) is 57.5 Å². The molecular formula is C12H7BrClFN2O. The van der Waals surface area contributed by atoms with E-state index in [0.717, 1.165) is 10.7 Å². The Bertz CT molecular complexity index is 606. The highest BCUT2D eigenvalue weighted by Crippen LogP contribution is 2.25. The zero-order valence-corrected chi connectivity index (χ0v) is 11.3. The Labute approximate surface area is 116 Å². The normalized spacial score (nSPS) is 10.2. The third kappa shape index (κ3) is 2.86. The average molecular weight is 330 g/mol. The molecule has 0 aliphatic carbocycles. The van der Waals surface area contributed by atoms with Gasteiger partial charge in [-0.3, -0.25) is 9.78 Å². The van der Waals surface area contributed by atoms with Crippen LogP contribution in [-0.4, -0.2) is 10.9 Å². The number of hydrogen-bond donors (Lipinski definition) is 1. The standard InChI is InChI=1S/C12H7BrClFN2O/c13-9-2-1-7(5-10(9)14)17-12(18)8-3-4-16-6-11(8)15/h1-6H,(H,17,18). The van der Waals surface area contributed by atoms with Gasteiger partial charge in [0, 0.05) is 16.4 Å². The molecule has 3 nitrogen and oxygen atoms in total. The fourth-order valence-electron chi connectivity index (χ4n) is 1.33. The van der Waals surface area contributed by atoms with E-state index < -0.39 is 11.7 Å². The molecule has 0 saturated heterocycles. The van der Waals surface area contributed by atoms with Crippen molar-refractivity contribution < 1.29 is 9.18 Å². The quantitative estimate of drug-likeness (QED) is 0.908. The number of pyridine rings is 1. The Morgan fingerprint density at radius 2 is 2.17 bits per heavy atom. The molecule has 0 aliphatic rings. The van der Waals surface area contributed by atoms with E-state index in [1.807, 2.05) is 0 Å². The SMILES string of the molecule is O=C(Nc1ccc(Br)c(Cl)c1)c1ccncc1F. The molecule has 92 valence electrons. The lowest BCUT2D eigenvalue weighted by Crippen LogP contribution is -2.13. The maximum Gasteiger partial charge on any atom is 0.258 e. The summed E-state index contributed by atoms with van der Waals surface area (Å²) in [5, 5.41) is 3.02. The summed E-state index contributed by atoms with van der Waals surface area (Å²) in [5.74, 6) is -1.22. The Balaban J connectivity index is 2.22. The third-order valence-corrected chi connectivity index (χ3v) is 3.43. The van der Waals surface area contributed by atoms with E-state index in [9.17, 15) is 9.18 Å². The first-order valence-corrected chi connectivity index (χ1v) is 6.11. The van der Waals surface area contributed by atoms with Crippen molar-refractivity contribution in [3.63, 3.8) is 0 Å². The molecule has 1 amide bonds. The molecule has 0 fully saturated rings. The van der Waals surface area contributed by atoms with Crippen molar-refractivity contribution in [2.45, 2.75) is 0 Å². The van der Waals surface area contributed by atoms with Gasteiger partial charge in [-0.2, -0.15) is 0 Å². The lowest BCUT2D eigenvalue weighted by Gasteiger charge is -2.06. The number of nitrogens with zero attached hydrogens (tertiary/aromatic N) is 1. The molecule has 1 aromatic heterocycles. The van der Waals surface area contributed by atoms with E-state index in [-0.39, 0.29) is 5.56 Å². The molecule has 18 heavy (non-hydrogen) atoms. The molecule has 0 spiro atoms. The maximum atomic E-state index is 13.3. The Hall–Kier alpha value is -1.46. The minimum Gasteiger partial charge on any atom is -0.322 e. The molecule has 2 aromatic rings. The topological polar surface area (TPSA) is 42.0 Å². The molecule has 1 aromatic carbocycles. The molecule has 1 heterocycles. The minimum absolute atomic E-state index is 0.0657. The molecule has 0 aliphatic heterocycles. The van der Waals surface area contributed by atoms with Crippen LogP contribution in [0.2, 0.25) is 5.02 Å². The highest BCUT2D eigenvalue weighted by molar-refractivity contribution is 9.10. The van der Waals surface area contributed by atoms with E-state index in [1.54, 1.807) is 18.2 Å². The van der Waals surface area contributed by atoms with Gasteiger partial charge >= 0.3 is 0 Å². The monoisotopic (exact) mass is 328 g/mol. The number of aromatic nitrogens is 1. The molecule has 6 heteroatoms. The van der Waals surface area contributed by atoms with Gasteiger partial charge in [0.15, 0.2) is 5.82 Å². The van der Waals surface area contributed by atoms with Gasteiger partial charge < -0.3 is 5.32 Å². The first-order chi connectivity index (χ1) is 8.58. The zero-order valence-electron chi connectivity index (χ0n) is 8.95. The fourth-order valence-corrected chi connectivity index (χ4v) is 1.76. The van der Waals surface area contributed by atoms with Crippen LogP contribution in [0, 0.1) is 5.82 Å². The van der Waals surface area contributed by atoms with Gasteiger partial charge in [-0.15, -0.1) is 0 Å². The Morgan fingerprint density at radius 3 is 2.83 bits per heavy atom. The lowest BCUT2D eigenvalue weighted by atomic mass is 10.2. The van der Waals surface area contributed by atoms with Gasteiger partial charge in [0.05, 0.1) is 16.8 Å². The summed E-state index contributed by atoms with van der Waals surface area (Å²) >= 11 is 9.13. The van der Waals surface area contributed by atoms with E-state index in [1.165, 1.54) is 12.3 Å². The van der Waals surface area contributed by atoms with Crippen LogP contribution in [0.4, 0.5) is 10.1 Å². The van der Waals surface area contributed by atoms with Gasteiger partial charge in [-0.25, -0.2) is 4.39 Å². The largest absolute Gasteiger partial charge is 0.322 e. The van der Waals surface area contributed by atoms with Crippen molar-refractivity contribution in [1.82, 2.24) is 4.98 Å². The van der Waals surface area contributed by atoms with Crippen LogP contribution in [0.3, 0.4) is 0 Å². The van der Waals surface area contributed by atoms with Crippen LogP contribution in [0.5, 0.6) is 0 Å². The van der Waals surface area contributed by atoms with Gasteiger partial charge in [0.2, 0.25) is 0 Å². The number of nitrogens with one attached hydrogen (secondary N) is 1. The molecule has 2 rings (SSSR count). The van der Waals surface area contributed by atoms with Crippen LogP contribution in [0.1, 0.15) is 10.4 Å². The second-order valence-corrected chi connectivity index (χ2v) is 4.70. The molecule has 0 radical (unpaired) electrons. The van der Waals surface area contributed by atoms with Gasteiger partial charge in [0.1, 0.15) is 0 Å².